The number of hydrogen-bond donors (Lipinski definition) is 2. The molecule has 1 fully saturated rings. The molecule has 2 unspecified atom stereocenters. The van der Waals surface area contributed by atoms with Crippen molar-refractivity contribution in [1.82, 2.24) is 10.2 Å². The summed E-state index contributed by atoms with van der Waals surface area (Å²) in [6, 6.07) is 4.34. The van der Waals surface area contributed by atoms with Crippen molar-refractivity contribution in [3.8, 4) is 0 Å². The maximum absolute atomic E-state index is 12.2. The lowest BCUT2D eigenvalue weighted by Crippen LogP contribution is -2.46. The first-order valence-electron chi connectivity index (χ1n) is 7.08. The van der Waals surface area contributed by atoms with Gasteiger partial charge in [0.05, 0.1) is 6.10 Å². The summed E-state index contributed by atoms with van der Waals surface area (Å²) >= 11 is 11.8. The molecule has 120 valence electrons. The highest BCUT2D eigenvalue weighted by molar-refractivity contribution is 6.35. The average Bonchev–Trinajstić information content (AvgIpc) is 2.94. The van der Waals surface area contributed by atoms with E-state index < -0.39 is 12.1 Å². The molecule has 0 saturated carbocycles. The number of likely N-dealkylation sites (tertiary alicyclic amines) is 1. The topological polar surface area (TPSA) is 69.6 Å². The molecule has 1 heterocycles. The average molecular weight is 345 g/mol. The van der Waals surface area contributed by atoms with Crippen LogP contribution in [-0.2, 0) is 9.59 Å². The van der Waals surface area contributed by atoms with Crippen LogP contribution in [0.3, 0.4) is 0 Å². The van der Waals surface area contributed by atoms with Gasteiger partial charge in [0.2, 0.25) is 11.8 Å². The summed E-state index contributed by atoms with van der Waals surface area (Å²) in [6.45, 7) is 2.08. The van der Waals surface area contributed by atoms with Gasteiger partial charge in [-0.15, -0.1) is 0 Å². The predicted octanol–water partition coefficient (Wildman–Crippen LogP) is 2.15. The maximum atomic E-state index is 12.2. The third kappa shape index (κ3) is 3.91. The molecule has 1 aromatic rings. The van der Waals surface area contributed by atoms with Gasteiger partial charge in [0.1, 0.15) is 6.04 Å². The quantitative estimate of drug-likeness (QED) is 0.879. The van der Waals surface area contributed by atoms with E-state index in [0.29, 0.717) is 28.6 Å². The number of halogens is 2. The maximum Gasteiger partial charge on any atom is 0.242 e. The molecular weight excluding hydrogens is 327 g/mol. The Morgan fingerprint density at radius 2 is 2.18 bits per heavy atom. The number of rotatable bonds is 4. The molecule has 0 spiro atoms. The fourth-order valence-electron chi connectivity index (χ4n) is 2.61. The number of carbonyl (C=O) groups is 2. The van der Waals surface area contributed by atoms with Crippen LogP contribution in [0.5, 0.6) is 0 Å². The zero-order valence-corrected chi connectivity index (χ0v) is 13.7. The molecule has 0 bridgehead atoms. The van der Waals surface area contributed by atoms with Crippen molar-refractivity contribution < 1.29 is 14.7 Å². The van der Waals surface area contributed by atoms with E-state index in [0.717, 1.165) is 6.42 Å². The van der Waals surface area contributed by atoms with Gasteiger partial charge in [-0.05, 0) is 25.0 Å². The van der Waals surface area contributed by atoms with Crippen LogP contribution in [0.2, 0.25) is 10.0 Å². The molecular formula is C15H18Cl2N2O3. The minimum atomic E-state index is -0.930. The summed E-state index contributed by atoms with van der Waals surface area (Å²) in [4.78, 5) is 25.2. The van der Waals surface area contributed by atoms with E-state index in [1.807, 2.05) is 0 Å². The lowest BCUT2D eigenvalue weighted by Gasteiger charge is -2.23. The van der Waals surface area contributed by atoms with E-state index in [-0.39, 0.29) is 18.4 Å². The minimum Gasteiger partial charge on any atom is -0.387 e. The van der Waals surface area contributed by atoms with Gasteiger partial charge in [0.25, 0.3) is 0 Å². The Kier molecular flexibility index (Phi) is 5.67. The Balaban J connectivity index is 1.94. The van der Waals surface area contributed by atoms with Gasteiger partial charge < -0.3 is 15.3 Å². The fourth-order valence-corrected chi connectivity index (χ4v) is 3.15. The first kappa shape index (κ1) is 17.1. The fraction of sp³-hybridized carbons (Fsp3) is 0.467. The van der Waals surface area contributed by atoms with Gasteiger partial charge in [-0.3, -0.25) is 9.59 Å². The zero-order chi connectivity index (χ0) is 16.3. The molecule has 1 aromatic carbocycles. The Hall–Kier alpha value is -1.30. The summed E-state index contributed by atoms with van der Waals surface area (Å²) < 4.78 is 0. The molecule has 2 atom stereocenters. The number of nitrogens with one attached hydrogen (secondary N) is 1. The largest absolute Gasteiger partial charge is 0.387 e. The van der Waals surface area contributed by atoms with E-state index >= 15 is 0 Å². The first-order valence-corrected chi connectivity index (χ1v) is 7.83. The van der Waals surface area contributed by atoms with Crippen LogP contribution in [0, 0.1) is 0 Å². The van der Waals surface area contributed by atoms with Crippen molar-refractivity contribution in [2.45, 2.75) is 31.9 Å². The Labute approximate surface area is 139 Å². The molecule has 2 amide bonds. The van der Waals surface area contributed by atoms with Gasteiger partial charge in [-0.2, -0.15) is 0 Å². The molecule has 5 nitrogen and oxygen atoms in total. The van der Waals surface area contributed by atoms with Crippen LogP contribution >= 0.6 is 23.2 Å². The van der Waals surface area contributed by atoms with Gasteiger partial charge in [-0.1, -0.05) is 29.3 Å². The number of nitrogens with zero attached hydrogens (tertiary/aromatic N) is 1. The highest BCUT2D eigenvalue weighted by Gasteiger charge is 2.32. The van der Waals surface area contributed by atoms with Crippen molar-refractivity contribution in [3.63, 3.8) is 0 Å². The number of amides is 2. The second-order valence-corrected chi connectivity index (χ2v) is 6.14. The van der Waals surface area contributed by atoms with Crippen molar-refractivity contribution in [3.05, 3.63) is 33.8 Å². The second kappa shape index (κ2) is 7.31. The number of aliphatic hydroxyl groups excluding tert-OH is 1. The highest BCUT2D eigenvalue weighted by Crippen LogP contribution is 2.26. The number of hydrogen-bond acceptors (Lipinski definition) is 3. The summed E-state index contributed by atoms with van der Waals surface area (Å²) in [6.07, 6.45) is 0.521. The third-order valence-electron chi connectivity index (χ3n) is 3.75. The summed E-state index contributed by atoms with van der Waals surface area (Å²) in [5.74, 6) is -0.365. The van der Waals surface area contributed by atoms with E-state index in [2.05, 4.69) is 5.32 Å². The van der Waals surface area contributed by atoms with E-state index in [1.54, 1.807) is 17.0 Å². The summed E-state index contributed by atoms with van der Waals surface area (Å²) in [5, 5.41) is 13.6. The van der Waals surface area contributed by atoms with Crippen LogP contribution in [-0.4, -0.2) is 41.0 Å². The molecule has 0 radical (unpaired) electrons. The van der Waals surface area contributed by atoms with Crippen LogP contribution in [0.15, 0.2) is 18.2 Å². The highest BCUT2D eigenvalue weighted by atomic mass is 35.5. The standard InChI is InChI=1S/C15H18Cl2N2O3/c1-9(20)19-6-2-3-13(19)15(22)18-8-14(21)11-5-4-10(16)7-12(11)17/h4-5,7,13-14,21H,2-3,6,8H2,1H3,(H,18,22). The van der Waals surface area contributed by atoms with Crippen molar-refractivity contribution in [2.75, 3.05) is 13.1 Å². The molecule has 22 heavy (non-hydrogen) atoms. The predicted molar refractivity (Wildman–Crippen MR) is 84.8 cm³/mol. The van der Waals surface area contributed by atoms with Crippen molar-refractivity contribution in [1.29, 1.82) is 0 Å². The summed E-state index contributed by atoms with van der Waals surface area (Å²) in [5.41, 5.74) is 0.501. The summed E-state index contributed by atoms with van der Waals surface area (Å²) in [7, 11) is 0. The minimum absolute atomic E-state index is 0.0302. The molecule has 1 aliphatic rings. The van der Waals surface area contributed by atoms with Gasteiger partial charge in [-0.25, -0.2) is 0 Å². The molecule has 0 aromatic heterocycles. The molecule has 2 rings (SSSR count). The lowest BCUT2D eigenvalue weighted by molar-refractivity contribution is -0.137. The molecule has 7 heteroatoms. The Morgan fingerprint density at radius 3 is 2.82 bits per heavy atom. The Bertz CT molecular complexity index is 580. The van der Waals surface area contributed by atoms with Crippen molar-refractivity contribution >= 4 is 35.0 Å². The normalized spacial score (nSPS) is 19.1. The molecule has 1 aliphatic heterocycles. The number of carbonyl (C=O) groups excluding carboxylic acids is 2. The zero-order valence-electron chi connectivity index (χ0n) is 12.2. The van der Waals surface area contributed by atoms with E-state index in [4.69, 9.17) is 23.2 Å². The first-order chi connectivity index (χ1) is 10.4. The SMILES string of the molecule is CC(=O)N1CCCC1C(=O)NCC(O)c1ccc(Cl)cc1Cl. The number of aliphatic hydroxyl groups is 1. The third-order valence-corrected chi connectivity index (χ3v) is 4.31. The molecule has 2 N–H and O–H groups in total. The molecule has 0 aliphatic carbocycles. The smallest absolute Gasteiger partial charge is 0.242 e. The lowest BCUT2D eigenvalue weighted by atomic mass is 10.1. The monoisotopic (exact) mass is 344 g/mol. The number of benzene rings is 1. The molecule has 1 saturated heterocycles. The van der Waals surface area contributed by atoms with Gasteiger partial charge in [0.15, 0.2) is 0 Å². The van der Waals surface area contributed by atoms with Crippen LogP contribution in [0.25, 0.3) is 0 Å². The second-order valence-electron chi connectivity index (χ2n) is 5.30. The van der Waals surface area contributed by atoms with Crippen LogP contribution < -0.4 is 5.32 Å². The van der Waals surface area contributed by atoms with Gasteiger partial charge in [0, 0.05) is 35.6 Å². The Morgan fingerprint density at radius 1 is 1.45 bits per heavy atom. The van der Waals surface area contributed by atoms with E-state index in [1.165, 1.54) is 13.0 Å². The van der Waals surface area contributed by atoms with Crippen LogP contribution in [0.4, 0.5) is 0 Å². The van der Waals surface area contributed by atoms with Gasteiger partial charge >= 0.3 is 0 Å². The van der Waals surface area contributed by atoms with E-state index in [9.17, 15) is 14.7 Å². The van der Waals surface area contributed by atoms with Crippen molar-refractivity contribution in [2.24, 2.45) is 0 Å². The van der Waals surface area contributed by atoms with Crippen LogP contribution in [0.1, 0.15) is 31.4 Å².